The molecule has 6 heteroatoms. The molecule has 0 spiro atoms. The van der Waals surface area contributed by atoms with Crippen LogP contribution < -0.4 is 5.32 Å². The van der Waals surface area contributed by atoms with E-state index in [4.69, 9.17) is 4.74 Å². The van der Waals surface area contributed by atoms with E-state index in [1.165, 1.54) is 12.1 Å². The highest BCUT2D eigenvalue weighted by Crippen LogP contribution is 2.16. The lowest BCUT2D eigenvalue weighted by Gasteiger charge is -2.08. The zero-order valence-corrected chi connectivity index (χ0v) is 10.2. The molecule has 0 aliphatic carbocycles. The first-order chi connectivity index (χ1) is 8.58. The number of carbonyl (C=O) groups is 2. The van der Waals surface area contributed by atoms with Crippen LogP contribution in [0.25, 0.3) is 0 Å². The zero-order valence-electron chi connectivity index (χ0n) is 10.2. The van der Waals surface area contributed by atoms with E-state index in [0.717, 1.165) is 6.07 Å². The summed E-state index contributed by atoms with van der Waals surface area (Å²) in [5, 5.41) is 2.37. The number of carbonyl (C=O) groups excluding carboxylic acids is 2. The lowest BCUT2D eigenvalue weighted by molar-refractivity contribution is 0.0521. The summed E-state index contributed by atoms with van der Waals surface area (Å²) in [6.07, 6.45) is -0.668. The van der Waals surface area contributed by atoms with E-state index in [2.05, 4.69) is 10.1 Å². The molecule has 1 aromatic carbocycles. The highest BCUT2D eigenvalue weighted by Gasteiger charge is 2.14. The van der Waals surface area contributed by atoms with E-state index >= 15 is 0 Å². The van der Waals surface area contributed by atoms with Gasteiger partial charge in [-0.2, -0.15) is 0 Å². The summed E-state index contributed by atoms with van der Waals surface area (Å²) in [5.74, 6) is -1.48. The minimum absolute atomic E-state index is 0.147. The first kappa shape index (κ1) is 14.0. The number of anilines is 1. The van der Waals surface area contributed by atoms with Gasteiger partial charge in [-0.05, 0) is 32.0 Å². The maximum atomic E-state index is 13.4. The zero-order chi connectivity index (χ0) is 13.5. The highest BCUT2D eigenvalue weighted by atomic mass is 19.1. The Labute approximate surface area is 104 Å². The fraction of sp³-hybridized carbons (Fsp3) is 0.333. The van der Waals surface area contributed by atoms with E-state index in [0.29, 0.717) is 0 Å². The SMILES string of the molecule is CCOC(=O)Nc1ccc(F)c(C(=O)OCC)c1. The molecule has 0 aliphatic heterocycles. The average Bonchev–Trinajstić information content (AvgIpc) is 2.32. The predicted molar refractivity (Wildman–Crippen MR) is 63.0 cm³/mol. The fourth-order valence-electron chi connectivity index (χ4n) is 1.25. The van der Waals surface area contributed by atoms with Gasteiger partial charge in [-0.1, -0.05) is 0 Å². The Balaban J connectivity index is 2.86. The Bertz CT molecular complexity index is 448. The maximum absolute atomic E-state index is 13.4. The van der Waals surface area contributed by atoms with Crippen LogP contribution in [0.4, 0.5) is 14.9 Å². The lowest BCUT2D eigenvalue weighted by Crippen LogP contribution is -2.14. The third kappa shape index (κ3) is 3.73. The first-order valence-corrected chi connectivity index (χ1v) is 5.49. The van der Waals surface area contributed by atoms with Gasteiger partial charge in [0, 0.05) is 5.69 Å². The number of hydrogen-bond donors (Lipinski definition) is 1. The second-order valence-corrected chi connectivity index (χ2v) is 3.26. The largest absolute Gasteiger partial charge is 0.462 e. The van der Waals surface area contributed by atoms with Crippen molar-refractivity contribution < 1.29 is 23.5 Å². The number of rotatable bonds is 4. The molecule has 5 nitrogen and oxygen atoms in total. The van der Waals surface area contributed by atoms with E-state index in [9.17, 15) is 14.0 Å². The minimum Gasteiger partial charge on any atom is -0.462 e. The predicted octanol–water partition coefficient (Wildman–Crippen LogP) is 2.57. The summed E-state index contributed by atoms with van der Waals surface area (Å²) in [6, 6.07) is 3.60. The van der Waals surface area contributed by atoms with Crippen LogP contribution in [-0.4, -0.2) is 25.3 Å². The number of esters is 1. The summed E-state index contributed by atoms with van der Waals surface area (Å²) in [5.41, 5.74) is 0.0315. The molecule has 0 unspecified atom stereocenters. The summed E-state index contributed by atoms with van der Waals surface area (Å²) in [6.45, 7) is 3.65. The normalized spacial score (nSPS) is 9.72. The molecule has 1 amide bonds. The molecule has 0 saturated heterocycles. The summed E-state index contributed by atoms with van der Waals surface area (Å²) in [4.78, 5) is 22.6. The van der Waals surface area contributed by atoms with Crippen molar-refractivity contribution in [3.8, 4) is 0 Å². The quantitative estimate of drug-likeness (QED) is 0.840. The van der Waals surface area contributed by atoms with Crippen LogP contribution in [0.5, 0.6) is 0 Å². The number of amides is 1. The Hall–Kier alpha value is -2.11. The second kappa shape index (κ2) is 6.58. The van der Waals surface area contributed by atoms with Gasteiger partial charge in [0.15, 0.2) is 0 Å². The van der Waals surface area contributed by atoms with Crippen molar-refractivity contribution in [2.45, 2.75) is 13.8 Å². The van der Waals surface area contributed by atoms with Gasteiger partial charge in [-0.3, -0.25) is 5.32 Å². The Morgan fingerprint density at radius 3 is 2.50 bits per heavy atom. The van der Waals surface area contributed by atoms with Gasteiger partial charge in [0.05, 0.1) is 18.8 Å². The first-order valence-electron chi connectivity index (χ1n) is 5.49. The number of benzene rings is 1. The van der Waals surface area contributed by atoms with Gasteiger partial charge < -0.3 is 9.47 Å². The van der Waals surface area contributed by atoms with Gasteiger partial charge in [-0.25, -0.2) is 14.0 Å². The molecule has 1 aromatic rings. The Morgan fingerprint density at radius 2 is 1.89 bits per heavy atom. The van der Waals surface area contributed by atoms with Gasteiger partial charge in [0.1, 0.15) is 5.82 Å². The van der Waals surface area contributed by atoms with Crippen LogP contribution in [0.3, 0.4) is 0 Å². The molecular weight excluding hydrogens is 241 g/mol. The number of ether oxygens (including phenoxy) is 2. The smallest absolute Gasteiger partial charge is 0.411 e. The summed E-state index contributed by atoms with van der Waals surface area (Å²) >= 11 is 0. The number of hydrogen-bond acceptors (Lipinski definition) is 4. The van der Waals surface area contributed by atoms with E-state index < -0.39 is 17.9 Å². The van der Waals surface area contributed by atoms with E-state index in [-0.39, 0.29) is 24.5 Å². The second-order valence-electron chi connectivity index (χ2n) is 3.26. The van der Waals surface area contributed by atoms with Gasteiger partial charge >= 0.3 is 12.1 Å². The Morgan fingerprint density at radius 1 is 1.22 bits per heavy atom. The van der Waals surface area contributed by atoms with Crippen LogP contribution in [0.15, 0.2) is 18.2 Å². The molecule has 0 aromatic heterocycles. The topological polar surface area (TPSA) is 64.6 Å². The number of nitrogens with one attached hydrogen (secondary N) is 1. The summed E-state index contributed by atoms with van der Waals surface area (Å²) in [7, 11) is 0. The standard InChI is InChI=1S/C12H14FNO4/c1-3-17-11(15)9-7-8(5-6-10(9)13)14-12(16)18-4-2/h5-7H,3-4H2,1-2H3,(H,14,16). The molecule has 0 aliphatic rings. The highest BCUT2D eigenvalue weighted by molar-refractivity contribution is 5.92. The van der Waals surface area contributed by atoms with Gasteiger partial charge in [0.25, 0.3) is 0 Å². The fourth-order valence-corrected chi connectivity index (χ4v) is 1.25. The van der Waals surface area contributed by atoms with Crippen molar-refractivity contribution >= 4 is 17.7 Å². The molecule has 0 heterocycles. The van der Waals surface area contributed by atoms with Crippen molar-refractivity contribution in [1.29, 1.82) is 0 Å². The van der Waals surface area contributed by atoms with Crippen molar-refractivity contribution in [2.75, 3.05) is 18.5 Å². The third-order valence-electron chi connectivity index (χ3n) is 1.98. The van der Waals surface area contributed by atoms with Crippen molar-refractivity contribution in [2.24, 2.45) is 0 Å². The van der Waals surface area contributed by atoms with Crippen LogP contribution in [-0.2, 0) is 9.47 Å². The molecule has 0 saturated carbocycles. The van der Waals surface area contributed by atoms with E-state index in [1.54, 1.807) is 13.8 Å². The van der Waals surface area contributed by atoms with Crippen LogP contribution in [0.2, 0.25) is 0 Å². The van der Waals surface area contributed by atoms with Gasteiger partial charge in [-0.15, -0.1) is 0 Å². The lowest BCUT2D eigenvalue weighted by atomic mass is 10.2. The maximum Gasteiger partial charge on any atom is 0.411 e. The molecular formula is C12H14FNO4. The molecule has 0 radical (unpaired) electrons. The monoisotopic (exact) mass is 255 g/mol. The summed E-state index contributed by atoms with van der Waals surface area (Å²) < 4.78 is 22.7. The molecule has 0 atom stereocenters. The minimum atomic E-state index is -0.775. The van der Waals surface area contributed by atoms with Gasteiger partial charge in [0.2, 0.25) is 0 Å². The molecule has 1 N–H and O–H groups in total. The molecule has 0 fully saturated rings. The van der Waals surface area contributed by atoms with Crippen LogP contribution in [0, 0.1) is 5.82 Å². The Kier molecular flexibility index (Phi) is 5.10. The van der Waals surface area contributed by atoms with E-state index in [1.807, 2.05) is 0 Å². The molecule has 1 rings (SSSR count). The molecule has 0 bridgehead atoms. The molecule has 98 valence electrons. The molecule has 18 heavy (non-hydrogen) atoms. The third-order valence-corrected chi connectivity index (χ3v) is 1.98. The van der Waals surface area contributed by atoms with Crippen molar-refractivity contribution in [3.63, 3.8) is 0 Å². The van der Waals surface area contributed by atoms with Crippen LogP contribution in [0.1, 0.15) is 24.2 Å². The average molecular weight is 255 g/mol. The van der Waals surface area contributed by atoms with Crippen molar-refractivity contribution in [1.82, 2.24) is 0 Å². The van der Waals surface area contributed by atoms with Crippen LogP contribution >= 0.6 is 0 Å². The van der Waals surface area contributed by atoms with Crippen molar-refractivity contribution in [3.05, 3.63) is 29.6 Å². The number of halogens is 1.